The normalized spacial score (nSPS) is 16.1. The van der Waals surface area contributed by atoms with E-state index in [2.05, 4.69) is 26.7 Å². The largest absolute Gasteiger partial charge is 0.294 e. The highest BCUT2D eigenvalue weighted by atomic mass is 32.2. The first-order valence-corrected chi connectivity index (χ1v) is 16.9. The van der Waals surface area contributed by atoms with E-state index in [0.29, 0.717) is 0 Å². The Morgan fingerprint density at radius 1 is 1.00 bits per heavy atom. The molecule has 1 aliphatic carbocycles. The minimum Gasteiger partial charge on any atom is -0.294 e. The molecule has 5 nitrogen and oxygen atoms in total. The molecule has 3 aromatic carbocycles. The Hall–Kier alpha value is -3.07. The number of anilines is 1. The van der Waals surface area contributed by atoms with Crippen molar-refractivity contribution in [3.63, 3.8) is 0 Å². The molecule has 214 valence electrons. The molecule has 0 atom stereocenters. The third-order valence-corrected chi connectivity index (χ3v) is 10.8. The van der Waals surface area contributed by atoms with Crippen LogP contribution in [0.3, 0.4) is 0 Å². The number of halogens is 1. The second-order valence-corrected chi connectivity index (χ2v) is 14.1. The first kappa shape index (κ1) is 28.1. The summed E-state index contributed by atoms with van der Waals surface area (Å²) in [6.07, 6.45) is 11.1. The van der Waals surface area contributed by atoms with Crippen LogP contribution in [0.25, 0.3) is 10.6 Å². The third-order valence-electron chi connectivity index (χ3n) is 8.36. The van der Waals surface area contributed by atoms with Gasteiger partial charge in [0.05, 0.1) is 10.6 Å². The van der Waals surface area contributed by atoms with E-state index >= 15 is 0 Å². The average Bonchev–Trinajstić information content (AvgIpc) is 3.67. The summed E-state index contributed by atoms with van der Waals surface area (Å²) >= 11 is 1.71. The van der Waals surface area contributed by atoms with Gasteiger partial charge in [-0.15, -0.1) is 11.3 Å². The van der Waals surface area contributed by atoms with Crippen molar-refractivity contribution in [2.24, 2.45) is 5.92 Å². The predicted octanol–water partition coefficient (Wildman–Crippen LogP) is 7.82. The molecule has 1 aromatic heterocycles. The van der Waals surface area contributed by atoms with Gasteiger partial charge < -0.3 is 0 Å². The second-order valence-electron chi connectivity index (χ2n) is 11.4. The number of sulfonamides is 1. The summed E-state index contributed by atoms with van der Waals surface area (Å²) in [4.78, 5) is 8.33. The van der Waals surface area contributed by atoms with E-state index in [1.165, 1.54) is 43.0 Å². The molecular weight excluding hydrogens is 554 g/mol. The molecule has 1 aliphatic heterocycles. The van der Waals surface area contributed by atoms with Crippen LogP contribution in [0.2, 0.25) is 0 Å². The van der Waals surface area contributed by atoms with Crippen LogP contribution in [0, 0.1) is 11.7 Å². The van der Waals surface area contributed by atoms with E-state index in [0.717, 1.165) is 72.1 Å². The fraction of sp³-hybridized carbons (Fsp3) is 0.364. The van der Waals surface area contributed by atoms with Gasteiger partial charge in [-0.2, -0.15) is 0 Å². The third kappa shape index (κ3) is 6.88. The number of rotatable bonds is 10. The zero-order chi connectivity index (χ0) is 28.2. The van der Waals surface area contributed by atoms with Gasteiger partial charge in [0.25, 0.3) is 10.0 Å². The maximum absolute atomic E-state index is 14.9. The molecule has 0 bridgehead atoms. The number of thiazole rings is 1. The van der Waals surface area contributed by atoms with Crippen molar-refractivity contribution in [3.05, 3.63) is 100 Å². The summed E-state index contributed by atoms with van der Waals surface area (Å²) in [7, 11) is -3.91. The number of aryl methyl sites for hydroxylation is 1. The van der Waals surface area contributed by atoms with Crippen LogP contribution in [0.5, 0.6) is 0 Å². The van der Waals surface area contributed by atoms with Crippen LogP contribution >= 0.6 is 11.3 Å². The SMILES string of the molecule is O=S(=O)(Nc1ccc(CCCC2CCCC2)cc1F)c1ccc2c(c1)CCN(Cc1cnc(-c3ccccc3)s1)C2. The van der Waals surface area contributed by atoms with Crippen LogP contribution in [-0.4, -0.2) is 24.8 Å². The van der Waals surface area contributed by atoms with Crippen molar-refractivity contribution >= 4 is 27.0 Å². The van der Waals surface area contributed by atoms with Gasteiger partial charge in [0.15, 0.2) is 0 Å². The van der Waals surface area contributed by atoms with Crippen molar-refractivity contribution in [2.45, 2.75) is 69.4 Å². The van der Waals surface area contributed by atoms with Crippen LogP contribution < -0.4 is 4.72 Å². The summed E-state index contributed by atoms with van der Waals surface area (Å²) in [5.74, 6) is 0.288. The number of aromatic nitrogens is 1. The Balaban J connectivity index is 1.06. The summed E-state index contributed by atoms with van der Waals surface area (Å²) in [5, 5.41) is 1.02. The smallest absolute Gasteiger partial charge is 0.261 e. The van der Waals surface area contributed by atoms with Gasteiger partial charge in [-0.1, -0.05) is 74.6 Å². The number of benzene rings is 3. The molecule has 8 heteroatoms. The molecule has 0 spiro atoms. The number of hydrogen-bond acceptors (Lipinski definition) is 5. The van der Waals surface area contributed by atoms with Crippen molar-refractivity contribution in [1.82, 2.24) is 9.88 Å². The monoisotopic (exact) mass is 589 g/mol. The quantitative estimate of drug-likeness (QED) is 0.205. The summed E-state index contributed by atoms with van der Waals surface area (Å²) in [6, 6.07) is 20.3. The van der Waals surface area contributed by atoms with Crippen molar-refractivity contribution in [2.75, 3.05) is 11.3 Å². The lowest BCUT2D eigenvalue weighted by atomic mass is 9.98. The molecule has 0 unspecified atom stereocenters. The molecule has 41 heavy (non-hydrogen) atoms. The number of nitrogens with zero attached hydrogens (tertiary/aromatic N) is 2. The van der Waals surface area contributed by atoms with E-state index in [9.17, 15) is 12.8 Å². The van der Waals surface area contributed by atoms with Crippen molar-refractivity contribution in [1.29, 1.82) is 0 Å². The first-order valence-electron chi connectivity index (χ1n) is 14.6. The summed E-state index contributed by atoms with van der Waals surface area (Å²) in [6.45, 7) is 2.39. The van der Waals surface area contributed by atoms with E-state index < -0.39 is 15.8 Å². The Kier molecular flexibility index (Phi) is 8.51. The van der Waals surface area contributed by atoms with Crippen LogP contribution in [0.4, 0.5) is 10.1 Å². The lowest BCUT2D eigenvalue weighted by molar-refractivity contribution is 0.247. The highest BCUT2D eigenvalue weighted by Gasteiger charge is 2.22. The fourth-order valence-corrected chi connectivity index (χ4v) is 8.18. The topological polar surface area (TPSA) is 62.3 Å². The van der Waals surface area contributed by atoms with Gasteiger partial charge in [-0.25, -0.2) is 17.8 Å². The Morgan fingerprint density at radius 2 is 1.83 bits per heavy atom. The van der Waals surface area contributed by atoms with Gasteiger partial charge >= 0.3 is 0 Å². The van der Waals surface area contributed by atoms with E-state index in [1.807, 2.05) is 36.5 Å². The summed E-state index contributed by atoms with van der Waals surface area (Å²) in [5.41, 5.74) is 4.18. The lowest BCUT2D eigenvalue weighted by Gasteiger charge is -2.28. The minimum absolute atomic E-state index is 0.00660. The molecule has 1 saturated carbocycles. The molecule has 0 amide bonds. The molecule has 0 radical (unpaired) electrons. The standard InChI is InChI=1S/C33H36FN3O2S2/c34-31-19-25(10-6-9-24-7-4-5-8-24)13-16-32(31)36-41(38,39)30-15-14-28-22-37(18-17-27(28)20-30)23-29-21-35-33(40-29)26-11-2-1-3-12-26/h1-3,11-16,19-21,24,36H,4-10,17-18,22-23H2. The molecule has 1 N–H and O–H groups in total. The maximum atomic E-state index is 14.9. The molecule has 0 saturated heterocycles. The van der Waals surface area contributed by atoms with Gasteiger partial charge in [-0.3, -0.25) is 9.62 Å². The fourth-order valence-electron chi connectivity index (χ4n) is 6.10. The van der Waals surface area contributed by atoms with Gasteiger partial charge in [-0.05, 0) is 66.1 Å². The number of hydrogen-bond donors (Lipinski definition) is 1. The zero-order valence-corrected chi connectivity index (χ0v) is 24.8. The number of nitrogens with one attached hydrogen (secondary N) is 1. The molecule has 2 heterocycles. The van der Waals surface area contributed by atoms with Crippen molar-refractivity contribution < 1.29 is 12.8 Å². The average molecular weight is 590 g/mol. The van der Waals surface area contributed by atoms with E-state index in [1.54, 1.807) is 29.5 Å². The Labute approximate surface area is 246 Å². The van der Waals surface area contributed by atoms with Gasteiger partial charge in [0.1, 0.15) is 10.8 Å². The van der Waals surface area contributed by atoms with Crippen LogP contribution in [0.15, 0.2) is 77.8 Å². The lowest BCUT2D eigenvalue weighted by Crippen LogP contribution is -2.30. The molecule has 4 aromatic rings. The van der Waals surface area contributed by atoms with Gasteiger partial charge in [0, 0.05) is 36.3 Å². The molecular formula is C33H36FN3O2S2. The Bertz CT molecular complexity index is 1600. The first-order chi connectivity index (χ1) is 19.9. The minimum atomic E-state index is -3.91. The molecule has 6 rings (SSSR count). The van der Waals surface area contributed by atoms with E-state index in [4.69, 9.17) is 0 Å². The Morgan fingerprint density at radius 3 is 2.63 bits per heavy atom. The van der Waals surface area contributed by atoms with Gasteiger partial charge in [0.2, 0.25) is 0 Å². The van der Waals surface area contributed by atoms with Crippen LogP contribution in [-0.2, 0) is 36.0 Å². The zero-order valence-electron chi connectivity index (χ0n) is 23.2. The summed E-state index contributed by atoms with van der Waals surface area (Å²) < 4.78 is 43.7. The van der Waals surface area contributed by atoms with Crippen molar-refractivity contribution in [3.8, 4) is 10.6 Å². The van der Waals surface area contributed by atoms with E-state index in [-0.39, 0.29) is 10.6 Å². The molecule has 2 aliphatic rings. The second kappa shape index (κ2) is 12.4. The van der Waals surface area contributed by atoms with Crippen LogP contribution in [0.1, 0.15) is 60.1 Å². The number of fused-ring (bicyclic) bond motifs is 1. The highest BCUT2D eigenvalue weighted by Crippen LogP contribution is 2.31. The highest BCUT2D eigenvalue weighted by molar-refractivity contribution is 7.92. The molecule has 1 fully saturated rings. The maximum Gasteiger partial charge on any atom is 0.261 e. The predicted molar refractivity (Wildman–Crippen MR) is 164 cm³/mol.